The molecule has 1 saturated carbocycles. The highest BCUT2D eigenvalue weighted by Gasteiger charge is 2.29. The molecule has 2 aliphatic rings. The topological polar surface area (TPSA) is 63.2 Å². The number of hydrogen-bond acceptors (Lipinski definition) is 4. The summed E-state index contributed by atoms with van der Waals surface area (Å²) < 4.78 is 6.00. The van der Waals surface area contributed by atoms with Gasteiger partial charge >= 0.3 is 0 Å². The molecule has 2 aromatic rings. The number of nitrogens with one attached hydrogen (secondary N) is 2. The molecule has 1 fully saturated rings. The Morgan fingerprint density at radius 1 is 1.12 bits per heavy atom. The predicted octanol–water partition coefficient (Wildman–Crippen LogP) is 3.30. The summed E-state index contributed by atoms with van der Waals surface area (Å²) in [6.45, 7) is 0. The molecule has 0 spiro atoms. The molecule has 2 aliphatic carbocycles. The number of aryl methyl sites for hydroxylation is 1. The normalized spacial score (nSPS) is 19.2. The van der Waals surface area contributed by atoms with Gasteiger partial charge in [-0.05, 0) is 68.5 Å². The van der Waals surface area contributed by atoms with Crippen LogP contribution in [0.3, 0.4) is 0 Å². The van der Waals surface area contributed by atoms with Crippen LogP contribution in [0.15, 0.2) is 36.5 Å². The highest BCUT2D eigenvalue weighted by Crippen LogP contribution is 2.31. The summed E-state index contributed by atoms with van der Waals surface area (Å²) in [5, 5.41) is 6.22. The Hall–Kier alpha value is -2.40. The molecule has 5 heteroatoms. The van der Waals surface area contributed by atoms with Crippen LogP contribution < -0.4 is 15.4 Å². The lowest BCUT2D eigenvalue weighted by Gasteiger charge is -2.24. The molecule has 1 heterocycles. The van der Waals surface area contributed by atoms with Crippen LogP contribution in [0.25, 0.3) is 0 Å². The van der Waals surface area contributed by atoms with Gasteiger partial charge in [-0.3, -0.25) is 4.79 Å². The van der Waals surface area contributed by atoms with E-state index < -0.39 is 0 Å². The van der Waals surface area contributed by atoms with Gasteiger partial charge in [-0.2, -0.15) is 0 Å². The van der Waals surface area contributed by atoms with E-state index >= 15 is 0 Å². The van der Waals surface area contributed by atoms with Crippen LogP contribution in [0, 0.1) is 5.92 Å². The first-order chi connectivity index (χ1) is 12.2. The molecule has 4 rings (SSSR count). The highest BCUT2D eigenvalue weighted by molar-refractivity contribution is 5.93. The van der Waals surface area contributed by atoms with Gasteiger partial charge in [0.05, 0.1) is 0 Å². The van der Waals surface area contributed by atoms with Gasteiger partial charge in [-0.25, -0.2) is 4.98 Å². The number of carbonyl (C=O) groups excluding carboxylic acids is 1. The van der Waals surface area contributed by atoms with Gasteiger partial charge in [-0.1, -0.05) is 6.07 Å². The number of ether oxygens (including phenoxy) is 1. The Morgan fingerprint density at radius 3 is 2.76 bits per heavy atom. The minimum Gasteiger partial charge on any atom is -0.457 e. The Kier molecular flexibility index (Phi) is 4.40. The van der Waals surface area contributed by atoms with E-state index in [1.165, 1.54) is 17.5 Å². The van der Waals surface area contributed by atoms with Crippen molar-refractivity contribution in [1.82, 2.24) is 10.3 Å². The van der Waals surface area contributed by atoms with Gasteiger partial charge in [0.2, 0.25) is 5.91 Å². The van der Waals surface area contributed by atoms with E-state index in [4.69, 9.17) is 4.74 Å². The summed E-state index contributed by atoms with van der Waals surface area (Å²) in [7, 11) is 2.02. The van der Waals surface area contributed by atoms with Gasteiger partial charge in [0.1, 0.15) is 17.3 Å². The van der Waals surface area contributed by atoms with Gasteiger partial charge in [0, 0.05) is 24.2 Å². The van der Waals surface area contributed by atoms with Crippen LogP contribution in [-0.4, -0.2) is 24.0 Å². The fourth-order valence-electron chi connectivity index (χ4n) is 3.30. The monoisotopic (exact) mass is 337 g/mol. The van der Waals surface area contributed by atoms with Crippen molar-refractivity contribution in [1.29, 1.82) is 0 Å². The number of fused-ring (bicyclic) bond motifs is 1. The minimum absolute atomic E-state index is 0.0524. The van der Waals surface area contributed by atoms with E-state index in [0.29, 0.717) is 17.6 Å². The molecule has 130 valence electrons. The predicted molar refractivity (Wildman–Crippen MR) is 97.0 cm³/mol. The molecule has 1 aromatic heterocycles. The maximum Gasteiger partial charge on any atom is 0.228 e. The third kappa shape index (κ3) is 3.82. The van der Waals surface area contributed by atoms with Crippen molar-refractivity contribution in [3.8, 4) is 11.5 Å². The number of hydrogen-bond donors (Lipinski definition) is 2. The summed E-state index contributed by atoms with van der Waals surface area (Å²) >= 11 is 0. The van der Waals surface area contributed by atoms with Crippen LogP contribution in [-0.2, 0) is 17.6 Å². The first-order valence-corrected chi connectivity index (χ1v) is 8.95. The van der Waals surface area contributed by atoms with Crippen LogP contribution in [0.2, 0.25) is 0 Å². The van der Waals surface area contributed by atoms with Gasteiger partial charge in [0.25, 0.3) is 0 Å². The second-order valence-corrected chi connectivity index (χ2v) is 6.90. The number of aromatic nitrogens is 1. The number of pyridine rings is 1. The average molecular weight is 337 g/mol. The quantitative estimate of drug-likeness (QED) is 0.879. The molecule has 2 N–H and O–H groups in total. The Balaban J connectivity index is 1.47. The van der Waals surface area contributed by atoms with Crippen LogP contribution in [0.1, 0.15) is 30.4 Å². The minimum atomic E-state index is 0.0524. The van der Waals surface area contributed by atoms with Crippen molar-refractivity contribution in [2.24, 2.45) is 5.92 Å². The van der Waals surface area contributed by atoms with Crippen LogP contribution in [0.5, 0.6) is 11.5 Å². The van der Waals surface area contributed by atoms with Crippen molar-refractivity contribution < 1.29 is 9.53 Å². The maximum absolute atomic E-state index is 11.9. The Bertz CT molecular complexity index is 786. The van der Waals surface area contributed by atoms with E-state index in [9.17, 15) is 4.79 Å². The molecule has 0 saturated heterocycles. The zero-order chi connectivity index (χ0) is 17.2. The van der Waals surface area contributed by atoms with Crippen molar-refractivity contribution in [2.75, 3.05) is 12.4 Å². The first-order valence-electron chi connectivity index (χ1n) is 8.95. The van der Waals surface area contributed by atoms with Gasteiger partial charge in [0.15, 0.2) is 0 Å². The molecule has 0 bridgehead atoms. The Labute approximate surface area is 147 Å². The smallest absolute Gasteiger partial charge is 0.228 e. The highest BCUT2D eigenvalue weighted by atomic mass is 16.5. The lowest BCUT2D eigenvalue weighted by molar-refractivity contribution is -0.117. The second kappa shape index (κ2) is 6.84. The van der Waals surface area contributed by atoms with E-state index in [2.05, 4.69) is 27.8 Å². The molecule has 1 atom stereocenters. The molecule has 0 aliphatic heterocycles. The lowest BCUT2D eigenvalue weighted by Crippen LogP contribution is -2.31. The van der Waals surface area contributed by atoms with Crippen molar-refractivity contribution in [3.05, 3.63) is 47.7 Å². The number of nitrogens with zero attached hydrogens (tertiary/aromatic N) is 1. The molecule has 25 heavy (non-hydrogen) atoms. The summed E-state index contributed by atoms with van der Waals surface area (Å²) in [4.78, 5) is 16.1. The fourth-order valence-corrected chi connectivity index (χ4v) is 3.30. The summed E-state index contributed by atoms with van der Waals surface area (Å²) in [6.07, 6.45) is 6.93. The number of amides is 1. The average Bonchev–Trinajstić information content (AvgIpc) is 3.46. The number of carbonyl (C=O) groups is 1. The van der Waals surface area contributed by atoms with Crippen LogP contribution >= 0.6 is 0 Å². The van der Waals surface area contributed by atoms with Crippen molar-refractivity contribution in [3.63, 3.8) is 0 Å². The summed E-state index contributed by atoms with van der Waals surface area (Å²) in [5.41, 5.74) is 2.75. The molecular formula is C20H23N3O2. The zero-order valence-corrected chi connectivity index (χ0v) is 14.4. The van der Waals surface area contributed by atoms with Crippen LogP contribution in [0.4, 0.5) is 5.82 Å². The van der Waals surface area contributed by atoms with Crippen molar-refractivity contribution in [2.45, 2.75) is 38.1 Å². The molecule has 5 nitrogen and oxygen atoms in total. The fraction of sp³-hybridized carbons (Fsp3) is 0.400. The zero-order valence-electron chi connectivity index (χ0n) is 14.4. The molecule has 1 unspecified atom stereocenters. The van der Waals surface area contributed by atoms with E-state index in [1.54, 1.807) is 12.3 Å². The van der Waals surface area contributed by atoms with E-state index in [0.717, 1.165) is 31.4 Å². The second-order valence-electron chi connectivity index (χ2n) is 6.90. The SMILES string of the molecule is CNC1CCc2ccc(Oc3ccnc(NC(=O)C4CC4)c3)cc2C1. The van der Waals surface area contributed by atoms with Gasteiger partial charge < -0.3 is 15.4 Å². The molecule has 0 radical (unpaired) electrons. The maximum atomic E-state index is 11.9. The molecular weight excluding hydrogens is 314 g/mol. The lowest BCUT2D eigenvalue weighted by atomic mass is 9.88. The number of anilines is 1. The third-order valence-corrected chi connectivity index (χ3v) is 4.98. The summed E-state index contributed by atoms with van der Waals surface area (Å²) in [5.74, 6) is 2.26. The third-order valence-electron chi connectivity index (χ3n) is 4.98. The molecule has 1 amide bonds. The standard InChI is InChI=1S/C20H23N3O2/c1-21-16-6-4-13-5-7-17(11-15(13)10-16)25-18-8-9-22-19(12-18)23-20(24)14-2-3-14/h5,7-9,11-12,14,16,21H,2-4,6,10H2,1H3,(H,22,23,24). The van der Waals surface area contributed by atoms with E-state index in [1.807, 2.05) is 19.2 Å². The number of benzene rings is 1. The summed E-state index contributed by atoms with van der Waals surface area (Å²) in [6, 6.07) is 10.4. The van der Waals surface area contributed by atoms with Gasteiger partial charge in [-0.15, -0.1) is 0 Å². The van der Waals surface area contributed by atoms with Crippen molar-refractivity contribution >= 4 is 11.7 Å². The molecule has 1 aromatic carbocycles. The largest absolute Gasteiger partial charge is 0.457 e. The Morgan fingerprint density at radius 2 is 1.96 bits per heavy atom. The van der Waals surface area contributed by atoms with E-state index in [-0.39, 0.29) is 11.8 Å². The number of rotatable bonds is 5. The first kappa shape index (κ1) is 16.1. The number of likely N-dealkylation sites (N-methyl/N-ethyl adjacent to an activating group) is 1.